The lowest BCUT2D eigenvalue weighted by Gasteiger charge is -2.27. The van der Waals surface area contributed by atoms with Crippen molar-refractivity contribution in [2.75, 3.05) is 7.05 Å². The molecule has 1 aliphatic rings. The monoisotopic (exact) mass is 197 g/mol. The molecule has 1 aliphatic carbocycles. The first-order chi connectivity index (χ1) is 6.15. The van der Waals surface area contributed by atoms with Gasteiger partial charge in [0, 0.05) is 7.05 Å². The first-order valence-corrected chi connectivity index (χ1v) is 5.37. The van der Waals surface area contributed by atoms with Gasteiger partial charge in [-0.2, -0.15) is 0 Å². The highest BCUT2D eigenvalue weighted by Gasteiger charge is 2.66. The molecular weight excluding hydrogens is 174 g/mol. The Morgan fingerprint density at radius 2 is 1.79 bits per heavy atom. The van der Waals surface area contributed by atoms with Crippen LogP contribution in [0.2, 0.25) is 0 Å². The van der Waals surface area contributed by atoms with Gasteiger partial charge < -0.3 is 5.32 Å². The highest BCUT2D eigenvalue weighted by molar-refractivity contribution is 5.86. The third-order valence-corrected chi connectivity index (χ3v) is 3.41. The topological polar surface area (TPSA) is 29.1 Å². The van der Waals surface area contributed by atoms with E-state index in [2.05, 4.69) is 39.9 Å². The van der Waals surface area contributed by atoms with Crippen molar-refractivity contribution < 1.29 is 4.79 Å². The van der Waals surface area contributed by atoms with Crippen molar-refractivity contribution in [3.05, 3.63) is 0 Å². The fourth-order valence-electron chi connectivity index (χ4n) is 2.62. The molecule has 0 spiro atoms. The molecule has 0 bridgehead atoms. The average molecular weight is 197 g/mol. The van der Waals surface area contributed by atoms with E-state index < -0.39 is 0 Å². The van der Waals surface area contributed by atoms with E-state index in [4.69, 9.17) is 0 Å². The predicted octanol–water partition coefficient (Wildman–Crippen LogP) is 2.58. The Bertz CT molecular complexity index is 250. The average Bonchev–Trinajstić information content (AvgIpc) is 2.49. The van der Waals surface area contributed by atoms with Crippen molar-refractivity contribution >= 4 is 5.91 Å². The fourth-order valence-corrected chi connectivity index (χ4v) is 2.62. The normalized spacial score (nSPS) is 29.9. The quantitative estimate of drug-likeness (QED) is 0.724. The molecule has 2 heteroatoms. The molecule has 0 aromatic carbocycles. The van der Waals surface area contributed by atoms with Gasteiger partial charge in [-0.15, -0.1) is 0 Å². The number of amides is 1. The van der Waals surface area contributed by atoms with Gasteiger partial charge in [-0.1, -0.05) is 34.6 Å². The number of hydrogen-bond donors (Lipinski definition) is 1. The van der Waals surface area contributed by atoms with E-state index in [-0.39, 0.29) is 22.2 Å². The van der Waals surface area contributed by atoms with Crippen LogP contribution < -0.4 is 5.32 Å². The van der Waals surface area contributed by atoms with Gasteiger partial charge >= 0.3 is 0 Å². The Labute approximate surface area is 87.5 Å². The summed E-state index contributed by atoms with van der Waals surface area (Å²) in [4.78, 5) is 11.9. The second-order valence-electron chi connectivity index (χ2n) is 6.46. The van der Waals surface area contributed by atoms with Crippen molar-refractivity contribution in [2.45, 2.75) is 47.5 Å². The zero-order valence-corrected chi connectivity index (χ0v) is 10.3. The highest BCUT2D eigenvalue weighted by atomic mass is 16.2. The molecular formula is C12H23NO. The van der Waals surface area contributed by atoms with E-state index >= 15 is 0 Å². The highest BCUT2D eigenvalue weighted by Crippen LogP contribution is 2.67. The lowest BCUT2D eigenvalue weighted by atomic mass is 9.78. The van der Waals surface area contributed by atoms with E-state index in [1.807, 2.05) is 0 Å². The zero-order chi connectivity index (χ0) is 11.2. The van der Waals surface area contributed by atoms with Crippen LogP contribution in [0.4, 0.5) is 0 Å². The number of carbonyl (C=O) groups is 1. The molecule has 0 aliphatic heterocycles. The Morgan fingerprint density at radius 1 is 1.36 bits per heavy atom. The Balaban J connectivity index is 2.83. The summed E-state index contributed by atoms with van der Waals surface area (Å²) in [6, 6.07) is 0. The standard InChI is InChI=1S/C12H23NO/c1-10(2,3)7-12(9(14)13-6)8-11(12,4)5/h7-8H2,1-6H3,(H,13,14). The molecule has 1 amide bonds. The zero-order valence-electron chi connectivity index (χ0n) is 10.3. The number of rotatable bonds is 2. The van der Waals surface area contributed by atoms with Crippen LogP contribution in [0.5, 0.6) is 0 Å². The van der Waals surface area contributed by atoms with Gasteiger partial charge in [0.2, 0.25) is 5.91 Å². The third kappa shape index (κ3) is 1.79. The number of hydrogen-bond acceptors (Lipinski definition) is 1. The smallest absolute Gasteiger partial charge is 0.226 e. The minimum absolute atomic E-state index is 0.111. The summed E-state index contributed by atoms with van der Waals surface area (Å²) in [5, 5.41) is 2.81. The maximum Gasteiger partial charge on any atom is 0.226 e. The van der Waals surface area contributed by atoms with Gasteiger partial charge in [-0.25, -0.2) is 0 Å². The van der Waals surface area contributed by atoms with E-state index in [1.165, 1.54) is 0 Å². The lowest BCUT2D eigenvalue weighted by molar-refractivity contribution is -0.128. The molecule has 0 saturated heterocycles. The van der Waals surface area contributed by atoms with E-state index in [9.17, 15) is 4.79 Å². The lowest BCUT2D eigenvalue weighted by Crippen LogP contribution is -2.35. The van der Waals surface area contributed by atoms with Gasteiger partial charge in [-0.05, 0) is 23.7 Å². The van der Waals surface area contributed by atoms with Gasteiger partial charge in [0.15, 0.2) is 0 Å². The molecule has 1 saturated carbocycles. The van der Waals surface area contributed by atoms with Gasteiger partial charge in [0.25, 0.3) is 0 Å². The van der Waals surface area contributed by atoms with Crippen LogP contribution in [0.1, 0.15) is 47.5 Å². The Morgan fingerprint density at radius 3 is 2.00 bits per heavy atom. The molecule has 0 heterocycles. The molecule has 14 heavy (non-hydrogen) atoms. The SMILES string of the molecule is CNC(=O)C1(CC(C)(C)C)CC1(C)C. The van der Waals surface area contributed by atoms with E-state index in [0.29, 0.717) is 0 Å². The minimum Gasteiger partial charge on any atom is -0.359 e. The van der Waals surface area contributed by atoms with E-state index in [1.54, 1.807) is 7.05 Å². The summed E-state index contributed by atoms with van der Waals surface area (Å²) < 4.78 is 0. The molecule has 1 atom stereocenters. The summed E-state index contributed by atoms with van der Waals surface area (Å²) >= 11 is 0. The van der Waals surface area contributed by atoms with Crippen molar-refractivity contribution in [3.8, 4) is 0 Å². The van der Waals surface area contributed by atoms with Crippen LogP contribution in [0.3, 0.4) is 0 Å². The van der Waals surface area contributed by atoms with Gasteiger partial charge in [-0.3, -0.25) is 4.79 Å². The molecule has 1 fully saturated rings. The van der Waals surface area contributed by atoms with Crippen LogP contribution in [-0.4, -0.2) is 13.0 Å². The first-order valence-electron chi connectivity index (χ1n) is 5.37. The summed E-state index contributed by atoms with van der Waals surface area (Å²) in [7, 11) is 1.74. The van der Waals surface area contributed by atoms with Crippen LogP contribution >= 0.6 is 0 Å². The number of carbonyl (C=O) groups excluding carboxylic acids is 1. The van der Waals surface area contributed by atoms with Crippen molar-refractivity contribution in [1.29, 1.82) is 0 Å². The molecule has 0 aromatic heterocycles. The molecule has 2 nitrogen and oxygen atoms in total. The maximum atomic E-state index is 11.9. The van der Waals surface area contributed by atoms with Crippen molar-refractivity contribution in [3.63, 3.8) is 0 Å². The van der Waals surface area contributed by atoms with Crippen LogP contribution in [-0.2, 0) is 4.79 Å². The fraction of sp³-hybridized carbons (Fsp3) is 0.917. The summed E-state index contributed by atoms with van der Waals surface area (Å²) in [6.07, 6.45) is 2.00. The third-order valence-electron chi connectivity index (χ3n) is 3.41. The van der Waals surface area contributed by atoms with Crippen molar-refractivity contribution in [2.24, 2.45) is 16.2 Å². The van der Waals surface area contributed by atoms with Crippen LogP contribution in [0, 0.1) is 16.2 Å². The second-order valence-corrected chi connectivity index (χ2v) is 6.46. The Hall–Kier alpha value is -0.530. The second kappa shape index (κ2) is 2.98. The molecule has 1 unspecified atom stereocenters. The van der Waals surface area contributed by atoms with Crippen molar-refractivity contribution in [1.82, 2.24) is 5.32 Å². The first kappa shape index (κ1) is 11.5. The van der Waals surface area contributed by atoms with Crippen LogP contribution in [0.15, 0.2) is 0 Å². The molecule has 0 aromatic rings. The summed E-state index contributed by atoms with van der Waals surface area (Å²) in [6.45, 7) is 11.0. The van der Waals surface area contributed by atoms with Gasteiger partial charge in [0.1, 0.15) is 0 Å². The predicted molar refractivity (Wildman–Crippen MR) is 59.0 cm³/mol. The van der Waals surface area contributed by atoms with E-state index in [0.717, 1.165) is 12.8 Å². The largest absolute Gasteiger partial charge is 0.359 e. The summed E-state index contributed by atoms with van der Waals surface area (Å²) in [5.74, 6) is 0.220. The van der Waals surface area contributed by atoms with Crippen LogP contribution in [0.25, 0.3) is 0 Å². The molecule has 82 valence electrons. The summed E-state index contributed by atoms with van der Waals surface area (Å²) in [5.41, 5.74) is 0.292. The maximum absolute atomic E-state index is 11.9. The molecule has 0 radical (unpaired) electrons. The van der Waals surface area contributed by atoms with Gasteiger partial charge in [0.05, 0.1) is 5.41 Å². The molecule has 1 N–H and O–H groups in total. The molecule has 1 rings (SSSR count). The number of nitrogens with one attached hydrogen (secondary N) is 1. The minimum atomic E-state index is -0.111. The Kier molecular flexibility index (Phi) is 2.46.